The number of hydrogen-bond donors (Lipinski definition) is 2. The van der Waals surface area contributed by atoms with Crippen molar-refractivity contribution >= 4 is 28.1 Å². The normalized spacial score (nSPS) is 10.8. The average Bonchev–Trinajstić information content (AvgIpc) is 2.99. The summed E-state index contributed by atoms with van der Waals surface area (Å²) >= 11 is 3.43. The number of nitrogens with zero attached hydrogens (tertiary/aromatic N) is 1. The standard InChI is InChI=1S/C15H16BrN3O2/c1-2-11-5-6-14(13(16)8-11)21-10-15(20)19-18-9-12-4-3-7-17-12/h3-9,17H,2,10H2,1H3,(H,19,20)/b18-9+. The lowest BCUT2D eigenvalue weighted by molar-refractivity contribution is -0.123. The van der Waals surface area contributed by atoms with Crippen molar-refractivity contribution in [3.8, 4) is 5.75 Å². The van der Waals surface area contributed by atoms with E-state index in [0.717, 1.165) is 16.6 Å². The molecule has 1 aromatic carbocycles. The van der Waals surface area contributed by atoms with Gasteiger partial charge in [0.05, 0.1) is 16.4 Å². The van der Waals surface area contributed by atoms with Gasteiger partial charge in [0.2, 0.25) is 0 Å². The zero-order chi connectivity index (χ0) is 15.1. The van der Waals surface area contributed by atoms with Crippen LogP contribution < -0.4 is 10.2 Å². The van der Waals surface area contributed by atoms with E-state index in [4.69, 9.17) is 4.74 Å². The van der Waals surface area contributed by atoms with Gasteiger partial charge in [-0.1, -0.05) is 13.0 Å². The zero-order valence-electron chi connectivity index (χ0n) is 11.6. The lowest BCUT2D eigenvalue weighted by Crippen LogP contribution is -2.24. The second kappa shape index (κ2) is 7.64. The maximum absolute atomic E-state index is 11.6. The fourth-order valence-corrected chi connectivity index (χ4v) is 2.20. The van der Waals surface area contributed by atoms with Crippen LogP contribution in [-0.2, 0) is 11.2 Å². The lowest BCUT2D eigenvalue weighted by atomic mass is 10.2. The van der Waals surface area contributed by atoms with Crippen LogP contribution in [0.25, 0.3) is 0 Å². The molecule has 1 aromatic heterocycles. The Kier molecular flexibility index (Phi) is 5.57. The Morgan fingerprint density at radius 3 is 3.00 bits per heavy atom. The van der Waals surface area contributed by atoms with Gasteiger partial charge >= 0.3 is 0 Å². The van der Waals surface area contributed by atoms with E-state index < -0.39 is 0 Å². The van der Waals surface area contributed by atoms with Crippen molar-refractivity contribution in [2.24, 2.45) is 5.10 Å². The van der Waals surface area contributed by atoms with Crippen molar-refractivity contribution in [1.29, 1.82) is 0 Å². The first-order chi connectivity index (χ1) is 10.2. The van der Waals surface area contributed by atoms with Gasteiger partial charge in [0.1, 0.15) is 5.75 Å². The molecule has 2 N–H and O–H groups in total. The summed E-state index contributed by atoms with van der Waals surface area (Å²) < 4.78 is 6.28. The zero-order valence-corrected chi connectivity index (χ0v) is 13.2. The number of benzene rings is 1. The number of carbonyl (C=O) groups is 1. The van der Waals surface area contributed by atoms with E-state index in [1.807, 2.05) is 30.3 Å². The predicted molar refractivity (Wildman–Crippen MR) is 85.5 cm³/mol. The van der Waals surface area contributed by atoms with E-state index in [9.17, 15) is 4.79 Å². The van der Waals surface area contributed by atoms with Gasteiger partial charge in [-0.3, -0.25) is 4.79 Å². The number of nitrogens with one attached hydrogen (secondary N) is 2. The van der Waals surface area contributed by atoms with Crippen LogP contribution >= 0.6 is 15.9 Å². The highest BCUT2D eigenvalue weighted by Crippen LogP contribution is 2.26. The van der Waals surface area contributed by atoms with E-state index in [2.05, 4.69) is 38.4 Å². The summed E-state index contributed by atoms with van der Waals surface area (Å²) in [5, 5.41) is 3.83. The van der Waals surface area contributed by atoms with Crippen LogP contribution in [0.15, 0.2) is 46.1 Å². The van der Waals surface area contributed by atoms with Crippen LogP contribution in [0.5, 0.6) is 5.75 Å². The largest absolute Gasteiger partial charge is 0.483 e. The molecular formula is C15H16BrN3O2. The van der Waals surface area contributed by atoms with Crippen LogP contribution in [0.2, 0.25) is 0 Å². The fraction of sp³-hybridized carbons (Fsp3) is 0.200. The van der Waals surface area contributed by atoms with E-state index in [-0.39, 0.29) is 12.5 Å². The van der Waals surface area contributed by atoms with Gasteiger partial charge < -0.3 is 9.72 Å². The topological polar surface area (TPSA) is 66.5 Å². The summed E-state index contributed by atoms with van der Waals surface area (Å²) in [4.78, 5) is 14.6. The van der Waals surface area contributed by atoms with Gasteiger partial charge in [0.25, 0.3) is 5.91 Å². The molecule has 0 aliphatic carbocycles. The molecule has 0 aliphatic heterocycles. The maximum Gasteiger partial charge on any atom is 0.277 e. The highest BCUT2D eigenvalue weighted by molar-refractivity contribution is 9.10. The number of H-pyrrole nitrogens is 1. The molecule has 0 fully saturated rings. The number of rotatable bonds is 6. The molecule has 0 bridgehead atoms. The van der Waals surface area contributed by atoms with Crippen molar-refractivity contribution in [3.05, 3.63) is 52.3 Å². The minimum absolute atomic E-state index is 0.0911. The lowest BCUT2D eigenvalue weighted by Gasteiger charge is -2.08. The smallest absolute Gasteiger partial charge is 0.277 e. The molecule has 0 spiro atoms. The summed E-state index contributed by atoms with van der Waals surface area (Å²) in [6.45, 7) is 1.99. The molecule has 2 rings (SSSR count). The number of amides is 1. The van der Waals surface area contributed by atoms with E-state index >= 15 is 0 Å². The highest BCUT2D eigenvalue weighted by Gasteiger charge is 2.05. The quantitative estimate of drug-likeness (QED) is 0.622. The third-order valence-electron chi connectivity index (χ3n) is 2.78. The number of aryl methyl sites for hydroxylation is 1. The monoisotopic (exact) mass is 349 g/mol. The Bertz CT molecular complexity index is 624. The van der Waals surface area contributed by atoms with Crippen LogP contribution in [0.4, 0.5) is 0 Å². The summed E-state index contributed by atoms with van der Waals surface area (Å²) in [6.07, 6.45) is 4.26. The first-order valence-electron chi connectivity index (χ1n) is 6.55. The molecule has 5 nitrogen and oxygen atoms in total. The van der Waals surface area contributed by atoms with Gasteiger partial charge in [-0.05, 0) is 52.2 Å². The summed E-state index contributed by atoms with van der Waals surface area (Å²) in [7, 11) is 0. The van der Waals surface area contributed by atoms with Gasteiger partial charge in [0, 0.05) is 6.20 Å². The molecule has 110 valence electrons. The Balaban J connectivity index is 1.81. The van der Waals surface area contributed by atoms with Gasteiger partial charge in [-0.15, -0.1) is 0 Å². The predicted octanol–water partition coefficient (Wildman–Crippen LogP) is 2.87. The Hall–Kier alpha value is -2.08. The maximum atomic E-state index is 11.6. The van der Waals surface area contributed by atoms with Crippen molar-refractivity contribution in [3.63, 3.8) is 0 Å². The fourth-order valence-electron chi connectivity index (χ4n) is 1.66. The van der Waals surface area contributed by atoms with Crippen molar-refractivity contribution in [2.45, 2.75) is 13.3 Å². The summed E-state index contributed by atoms with van der Waals surface area (Å²) in [5.41, 5.74) is 4.42. The Morgan fingerprint density at radius 2 is 2.33 bits per heavy atom. The van der Waals surface area contributed by atoms with Gasteiger partial charge in [-0.2, -0.15) is 5.10 Å². The molecule has 1 heterocycles. The number of carbonyl (C=O) groups excluding carboxylic acids is 1. The first kappa shape index (κ1) is 15.3. The van der Waals surface area contributed by atoms with E-state index in [1.54, 1.807) is 6.20 Å². The van der Waals surface area contributed by atoms with Gasteiger partial charge in [-0.25, -0.2) is 5.43 Å². The molecule has 1 amide bonds. The molecule has 0 saturated heterocycles. The average molecular weight is 350 g/mol. The molecule has 2 aromatic rings. The summed E-state index contributed by atoms with van der Waals surface area (Å²) in [5.74, 6) is 0.319. The summed E-state index contributed by atoms with van der Waals surface area (Å²) in [6, 6.07) is 9.50. The SMILES string of the molecule is CCc1ccc(OCC(=O)N/N=C/c2ccc[nH]2)c(Br)c1. The van der Waals surface area contributed by atoms with E-state index in [0.29, 0.717) is 5.75 Å². The second-order valence-electron chi connectivity index (χ2n) is 4.33. The number of ether oxygens (including phenoxy) is 1. The number of aromatic amines is 1. The number of hydrogen-bond acceptors (Lipinski definition) is 3. The molecule has 0 atom stereocenters. The highest BCUT2D eigenvalue weighted by atomic mass is 79.9. The van der Waals surface area contributed by atoms with Crippen LogP contribution in [0, 0.1) is 0 Å². The molecule has 0 radical (unpaired) electrons. The van der Waals surface area contributed by atoms with Crippen molar-refractivity contribution in [2.75, 3.05) is 6.61 Å². The van der Waals surface area contributed by atoms with Crippen LogP contribution in [0.3, 0.4) is 0 Å². The minimum atomic E-state index is -0.315. The van der Waals surface area contributed by atoms with Crippen LogP contribution in [0.1, 0.15) is 18.2 Å². The molecular weight excluding hydrogens is 334 g/mol. The van der Waals surface area contributed by atoms with Crippen LogP contribution in [-0.4, -0.2) is 23.7 Å². The van der Waals surface area contributed by atoms with Crippen molar-refractivity contribution in [1.82, 2.24) is 10.4 Å². The van der Waals surface area contributed by atoms with E-state index in [1.165, 1.54) is 11.8 Å². The minimum Gasteiger partial charge on any atom is -0.483 e. The third-order valence-corrected chi connectivity index (χ3v) is 3.40. The molecule has 0 aliphatic rings. The Labute approximate surface area is 131 Å². The van der Waals surface area contributed by atoms with Crippen molar-refractivity contribution < 1.29 is 9.53 Å². The molecule has 0 unspecified atom stereocenters. The number of aromatic nitrogens is 1. The first-order valence-corrected chi connectivity index (χ1v) is 7.35. The second-order valence-corrected chi connectivity index (χ2v) is 5.18. The number of hydrazone groups is 1. The molecule has 21 heavy (non-hydrogen) atoms. The molecule has 6 heteroatoms. The third kappa shape index (κ3) is 4.75. The molecule has 0 saturated carbocycles. The van der Waals surface area contributed by atoms with Gasteiger partial charge in [0.15, 0.2) is 6.61 Å². The Morgan fingerprint density at radius 1 is 1.48 bits per heavy atom. The number of halogens is 1.